The zero-order chi connectivity index (χ0) is 14.8. The van der Waals surface area contributed by atoms with Crippen LogP contribution in [0.1, 0.15) is 52.1 Å². The molecule has 0 aliphatic heterocycles. The molecule has 0 aromatic carbocycles. The van der Waals surface area contributed by atoms with E-state index in [1.807, 2.05) is 6.07 Å². The average molecular weight is 276 g/mol. The van der Waals surface area contributed by atoms with Crippen LogP contribution in [0.3, 0.4) is 0 Å². The van der Waals surface area contributed by atoms with Crippen molar-refractivity contribution in [2.24, 2.45) is 11.7 Å². The summed E-state index contributed by atoms with van der Waals surface area (Å²) in [5.41, 5.74) is 6.40. The Morgan fingerprint density at radius 1 is 1.25 bits per heavy atom. The molecule has 1 amide bonds. The van der Waals surface area contributed by atoms with Crippen molar-refractivity contribution < 1.29 is 4.79 Å². The van der Waals surface area contributed by atoms with Gasteiger partial charge in [-0.1, -0.05) is 20.8 Å². The van der Waals surface area contributed by atoms with Crippen molar-refractivity contribution in [1.82, 2.24) is 9.97 Å². The van der Waals surface area contributed by atoms with Gasteiger partial charge in [0.25, 0.3) is 0 Å². The van der Waals surface area contributed by atoms with E-state index in [4.69, 9.17) is 5.73 Å². The maximum atomic E-state index is 11.2. The summed E-state index contributed by atoms with van der Waals surface area (Å²) >= 11 is 0. The van der Waals surface area contributed by atoms with Gasteiger partial charge in [0, 0.05) is 23.4 Å². The average Bonchev–Trinajstić information content (AvgIpc) is 2.38. The molecule has 1 saturated carbocycles. The van der Waals surface area contributed by atoms with Crippen molar-refractivity contribution in [3.63, 3.8) is 0 Å². The first-order valence-electron chi connectivity index (χ1n) is 7.24. The SMILES string of the molecule is CC(C)(C)c1cc(N[C@H]2CC[C@@H](C(N)=O)CC2)ncn1. The molecule has 1 aromatic rings. The van der Waals surface area contributed by atoms with Crippen LogP contribution in [-0.2, 0) is 10.2 Å². The number of nitrogens with two attached hydrogens (primary N) is 1. The number of nitrogens with zero attached hydrogens (tertiary/aromatic N) is 2. The number of anilines is 1. The topological polar surface area (TPSA) is 80.9 Å². The summed E-state index contributed by atoms with van der Waals surface area (Å²) in [6, 6.07) is 2.38. The number of rotatable bonds is 3. The Morgan fingerprint density at radius 2 is 1.90 bits per heavy atom. The van der Waals surface area contributed by atoms with Crippen molar-refractivity contribution in [2.75, 3.05) is 5.32 Å². The van der Waals surface area contributed by atoms with Gasteiger partial charge in [0.15, 0.2) is 0 Å². The third-order valence-electron chi connectivity index (χ3n) is 3.92. The second kappa shape index (κ2) is 5.77. The minimum Gasteiger partial charge on any atom is -0.369 e. The molecule has 2 rings (SSSR count). The summed E-state index contributed by atoms with van der Waals surface area (Å²) in [5.74, 6) is 0.747. The van der Waals surface area contributed by atoms with Crippen LogP contribution in [0, 0.1) is 5.92 Å². The van der Waals surface area contributed by atoms with Gasteiger partial charge in [-0.2, -0.15) is 0 Å². The Kier molecular flexibility index (Phi) is 4.26. The highest BCUT2D eigenvalue weighted by atomic mass is 16.1. The van der Waals surface area contributed by atoms with Crippen LogP contribution in [0.5, 0.6) is 0 Å². The van der Waals surface area contributed by atoms with Crippen LogP contribution < -0.4 is 11.1 Å². The third-order valence-corrected chi connectivity index (χ3v) is 3.92. The van der Waals surface area contributed by atoms with E-state index in [0.717, 1.165) is 37.2 Å². The Bertz CT molecular complexity index is 473. The van der Waals surface area contributed by atoms with Gasteiger partial charge in [-0.15, -0.1) is 0 Å². The molecular formula is C15H24N4O. The predicted octanol–water partition coefficient (Wildman–Crippen LogP) is 2.23. The Morgan fingerprint density at radius 3 is 2.45 bits per heavy atom. The Labute approximate surface area is 120 Å². The van der Waals surface area contributed by atoms with E-state index in [1.54, 1.807) is 6.33 Å². The van der Waals surface area contributed by atoms with E-state index in [0.29, 0.717) is 6.04 Å². The molecule has 1 heterocycles. The molecule has 0 saturated heterocycles. The van der Waals surface area contributed by atoms with Crippen molar-refractivity contribution in [3.05, 3.63) is 18.1 Å². The fourth-order valence-corrected chi connectivity index (χ4v) is 2.58. The number of carbonyl (C=O) groups excluding carboxylic acids is 1. The molecule has 20 heavy (non-hydrogen) atoms. The first-order chi connectivity index (χ1) is 9.36. The lowest BCUT2D eigenvalue weighted by molar-refractivity contribution is -0.122. The number of hydrogen-bond donors (Lipinski definition) is 2. The summed E-state index contributed by atoms with van der Waals surface area (Å²) in [6.07, 6.45) is 5.26. The molecule has 0 atom stereocenters. The lowest BCUT2D eigenvalue weighted by Crippen LogP contribution is -2.32. The van der Waals surface area contributed by atoms with Gasteiger partial charge in [0.1, 0.15) is 12.1 Å². The number of carbonyl (C=O) groups is 1. The van der Waals surface area contributed by atoms with Gasteiger partial charge < -0.3 is 11.1 Å². The highest BCUT2D eigenvalue weighted by Crippen LogP contribution is 2.27. The van der Waals surface area contributed by atoms with E-state index in [-0.39, 0.29) is 17.2 Å². The number of hydrogen-bond acceptors (Lipinski definition) is 4. The molecule has 110 valence electrons. The number of amides is 1. The molecule has 0 spiro atoms. The number of aromatic nitrogens is 2. The molecule has 5 nitrogen and oxygen atoms in total. The van der Waals surface area contributed by atoms with Gasteiger partial charge in [-0.3, -0.25) is 4.79 Å². The highest BCUT2D eigenvalue weighted by molar-refractivity contribution is 5.76. The van der Waals surface area contributed by atoms with Crippen molar-refractivity contribution >= 4 is 11.7 Å². The highest BCUT2D eigenvalue weighted by Gasteiger charge is 2.25. The minimum atomic E-state index is -0.166. The smallest absolute Gasteiger partial charge is 0.220 e. The molecule has 3 N–H and O–H groups in total. The summed E-state index contributed by atoms with van der Waals surface area (Å²) in [6.45, 7) is 6.41. The normalized spacial score (nSPS) is 23.4. The lowest BCUT2D eigenvalue weighted by atomic mass is 9.85. The van der Waals surface area contributed by atoms with Gasteiger partial charge in [-0.05, 0) is 25.7 Å². The monoisotopic (exact) mass is 276 g/mol. The lowest BCUT2D eigenvalue weighted by Gasteiger charge is -2.28. The van der Waals surface area contributed by atoms with E-state index in [1.165, 1.54) is 0 Å². The van der Waals surface area contributed by atoms with Crippen molar-refractivity contribution in [2.45, 2.75) is 57.9 Å². The van der Waals surface area contributed by atoms with Crippen LogP contribution in [0.2, 0.25) is 0 Å². The quantitative estimate of drug-likeness (QED) is 0.887. The summed E-state index contributed by atoms with van der Waals surface area (Å²) < 4.78 is 0. The predicted molar refractivity (Wildman–Crippen MR) is 79.3 cm³/mol. The second-order valence-corrected chi connectivity index (χ2v) is 6.63. The largest absolute Gasteiger partial charge is 0.369 e. The molecule has 0 unspecified atom stereocenters. The van der Waals surface area contributed by atoms with E-state index in [9.17, 15) is 4.79 Å². The van der Waals surface area contributed by atoms with Crippen LogP contribution in [0.4, 0.5) is 5.82 Å². The molecule has 0 bridgehead atoms. The molecule has 0 radical (unpaired) electrons. The first kappa shape index (κ1) is 14.8. The van der Waals surface area contributed by atoms with Gasteiger partial charge in [-0.25, -0.2) is 9.97 Å². The molecule has 1 aliphatic carbocycles. The minimum absolute atomic E-state index is 0.0169. The Balaban J connectivity index is 1.96. The fourth-order valence-electron chi connectivity index (χ4n) is 2.58. The molecule has 1 aromatic heterocycles. The first-order valence-corrected chi connectivity index (χ1v) is 7.24. The van der Waals surface area contributed by atoms with Crippen LogP contribution in [0.25, 0.3) is 0 Å². The summed E-state index contributed by atoms with van der Waals surface area (Å²) in [5, 5.41) is 3.45. The van der Waals surface area contributed by atoms with Gasteiger partial charge in [0.05, 0.1) is 5.69 Å². The van der Waals surface area contributed by atoms with Crippen LogP contribution in [-0.4, -0.2) is 21.9 Å². The van der Waals surface area contributed by atoms with Crippen molar-refractivity contribution in [3.8, 4) is 0 Å². The van der Waals surface area contributed by atoms with Crippen molar-refractivity contribution in [1.29, 1.82) is 0 Å². The molecule has 5 heteroatoms. The zero-order valence-corrected chi connectivity index (χ0v) is 12.5. The maximum Gasteiger partial charge on any atom is 0.220 e. The molecule has 1 aliphatic rings. The zero-order valence-electron chi connectivity index (χ0n) is 12.5. The standard InChI is InChI=1S/C15H24N4O/c1-15(2,3)12-8-13(18-9-17-12)19-11-6-4-10(5-7-11)14(16)20/h8-11H,4-7H2,1-3H3,(H2,16,20)(H,17,18,19)/t10-,11+. The third kappa shape index (κ3) is 3.68. The van der Waals surface area contributed by atoms with Crippen LogP contribution >= 0.6 is 0 Å². The second-order valence-electron chi connectivity index (χ2n) is 6.63. The summed E-state index contributed by atoms with van der Waals surface area (Å²) in [4.78, 5) is 19.8. The molecule has 1 fully saturated rings. The van der Waals surface area contributed by atoms with E-state index < -0.39 is 0 Å². The van der Waals surface area contributed by atoms with E-state index >= 15 is 0 Å². The molecular weight excluding hydrogens is 252 g/mol. The van der Waals surface area contributed by atoms with Gasteiger partial charge in [0.2, 0.25) is 5.91 Å². The fraction of sp³-hybridized carbons (Fsp3) is 0.667. The van der Waals surface area contributed by atoms with Gasteiger partial charge >= 0.3 is 0 Å². The Hall–Kier alpha value is -1.65. The maximum absolute atomic E-state index is 11.2. The number of nitrogens with one attached hydrogen (secondary N) is 1. The van der Waals surface area contributed by atoms with E-state index in [2.05, 4.69) is 36.1 Å². The summed E-state index contributed by atoms with van der Waals surface area (Å²) in [7, 11) is 0. The number of primary amides is 1. The van der Waals surface area contributed by atoms with Crippen LogP contribution in [0.15, 0.2) is 12.4 Å².